The van der Waals surface area contributed by atoms with Crippen LogP contribution in [0.25, 0.3) is 0 Å². The highest BCUT2D eigenvalue weighted by Crippen LogP contribution is 2.22. The Balaban J connectivity index is 2.06. The lowest BCUT2D eigenvalue weighted by Crippen LogP contribution is -2.13. The lowest BCUT2D eigenvalue weighted by atomic mass is 10.1. The average molecular weight is 247 g/mol. The van der Waals surface area contributed by atoms with Gasteiger partial charge in [0.25, 0.3) is 0 Å². The zero-order valence-corrected chi connectivity index (χ0v) is 10.5. The van der Waals surface area contributed by atoms with Crippen molar-refractivity contribution >= 4 is 17.5 Å². The zero-order chi connectivity index (χ0) is 12.3. The molecule has 1 aromatic heterocycles. The number of aromatic amines is 1. The van der Waals surface area contributed by atoms with Gasteiger partial charge in [0.1, 0.15) is 5.82 Å². The maximum Gasteiger partial charge on any atom is 0.209 e. The van der Waals surface area contributed by atoms with Gasteiger partial charge in [-0.3, -0.25) is 9.89 Å². The van der Waals surface area contributed by atoms with Gasteiger partial charge in [0, 0.05) is 5.56 Å². The zero-order valence-electron chi connectivity index (χ0n) is 9.68. The Morgan fingerprint density at radius 2 is 2.06 bits per heavy atom. The van der Waals surface area contributed by atoms with Crippen molar-refractivity contribution in [2.24, 2.45) is 0 Å². The first-order chi connectivity index (χ1) is 8.16. The van der Waals surface area contributed by atoms with E-state index in [1.165, 1.54) is 11.8 Å². The molecule has 0 spiro atoms. The van der Waals surface area contributed by atoms with Crippen LogP contribution in [0, 0.1) is 6.92 Å². The summed E-state index contributed by atoms with van der Waals surface area (Å²) in [4.78, 5) is 16.2. The van der Waals surface area contributed by atoms with E-state index < -0.39 is 0 Å². The fraction of sp³-hybridized carbons (Fsp3) is 0.250. The molecule has 5 heteroatoms. The summed E-state index contributed by atoms with van der Waals surface area (Å²) in [6.07, 6.45) is 0. The van der Waals surface area contributed by atoms with Crippen LogP contribution in [0.2, 0.25) is 0 Å². The molecule has 17 heavy (non-hydrogen) atoms. The number of nitrogens with zero attached hydrogens (tertiary/aromatic N) is 2. The van der Waals surface area contributed by atoms with Crippen LogP contribution in [0.4, 0.5) is 0 Å². The van der Waals surface area contributed by atoms with E-state index in [0.29, 0.717) is 5.16 Å². The fourth-order valence-corrected chi connectivity index (χ4v) is 2.27. The lowest BCUT2D eigenvalue weighted by Gasteiger charge is -2.07. The minimum Gasteiger partial charge on any atom is -0.293 e. The van der Waals surface area contributed by atoms with Crippen molar-refractivity contribution in [1.82, 2.24) is 15.2 Å². The number of carbonyl (C=O) groups excluding carboxylic acids is 1. The third-order valence-corrected chi connectivity index (χ3v) is 3.25. The molecule has 0 unspecified atom stereocenters. The first kappa shape index (κ1) is 11.9. The molecule has 2 rings (SSSR count). The molecule has 88 valence electrons. The second-order valence-electron chi connectivity index (χ2n) is 3.69. The first-order valence-electron chi connectivity index (χ1n) is 5.32. The van der Waals surface area contributed by atoms with E-state index in [1.807, 2.05) is 44.2 Å². The molecular weight excluding hydrogens is 234 g/mol. The molecular formula is C12H13N3OS. The molecule has 1 aromatic carbocycles. The summed E-state index contributed by atoms with van der Waals surface area (Å²) >= 11 is 1.36. The Bertz CT molecular complexity index is 509. The van der Waals surface area contributed by atoms with Gasteiger partial charge in [-0.1, -0.05) is 42.1 Å². The van der Waals surface area contributed by atoms with Gasteiger partial charge in [0.05, 0.1) is 5.25 Å². The SMILES string of the molecule is Cc1nc(S[C@H](C)C(=O)c2ccccc2)n[nH]1. The molecule has 1 heterocycles. The van der Waals surface area contributed by atoms with Crippen LogP contribution < -0.4 is 0 Å². The largest absolute Gasteiger partial charge is 0.293 e. The summed E-state index contributed by atoms with van der Waals surface area (Å²) in [7, 11) is 0. The number of thioether (sulfide) groups is 1. The highest BCUT2D eigenvalue weighted by molar-refractivity contribution is 8.00. The minimum atomic E-state index is -0.187. The molecule has 0 aliphatic rings. The van der Waals surface area contributed by atoms with E-state index in [2.05, 4.69) is 15.2 Å². The van der Waals surface area contributed by atoms with Crippen molar-refractivity contribution in [2.75, 3.05) is 0 Å². The minimum absolute atomic E-state index is 0.0954. The van der Waals surface area contributed by atoms with Gasteiger partial charge in [-0.2, -0.15) is 0 Å². The van der Waals surface area contributed by atoms with E-state index in [4.69, 9.17) is 0 Å². The predicted molar refractivity (Wildman–Crippen MR) is 67.2 cm³/mol. The molecule has 2 aromatic rings. The smallest absolute Gasteiger partial charge is 0.209 e. The standard InChI is InChI=1S/C12H13N3OS/c1-8(17-12-13-9(2)14-15-12)11(16)10-6-4-3-5-7-10/h3-8H,1-2H3,(H,13,14,15)/t8-/m1/s1. The lowest BCUT2D eigenvalue weighted by molar-refractivity contribution is 0.0994. The van der Waals surface area contributed by atoms with Crippen LogP contribution >= 0.6 is 11.8 Å². The normalized spacial score (nSPS) is 12.4. The van der Waals surface area contributed by atoms with Gasteiger partial charge >= 0.3 is 0 Å². The van der Waals surface area contributed by atoms with Crippen LogP contribution in [-0.4, -0.2) is 26.2 Å². The number of carbonyl (C=O) groups is 1. The summed E-state index contributed by atoms with van der Waals surface area (Å²) < 4.78 is 0. The maximum atomic E-state index is 12.1. The fourth-order valence-electron chi connectivity index (χ4n) is 1.42. The molecule has 0 amide bonds. The van der Waals surface area contributed by atoms with Crippen molar-refractivity contribution in [3.05, 3.63) is 41.7 Å². The van der Waals surface area contributed by atoms with Gasteiger partial charge in [0.2, 0.25) is 5.16 Å². The molecule has 4 nitrogen and oxygen atoms in total. The molecule has 0 saturated heterocycles. The molecule has 0 aliphatic heterocycles. The molecule has 1 atom stereocenters. The topological polar surface area (TPSA) is 58.6 Å². The Morgan fingerprint density at radius 1 is 1.35 bits per heavy atom. The Labute approximate surface area is 104 Å². The highest BCUT2D eigenvalue weighted by Gasteiger charge is 2.17. The van der Waals surface area contributed by atoms with Crippen LogP contribution in [0.15, 0.2) is 35.5 Å². The Hall–Kier alpha value is -1.62. The summed E-state index contributed by atoms with van der Waals surface area (Å²) in [5, 5.41) is 7.19. The number of benzene rings is 1. The van der Waals surface area contributed by atoms with Gasteiger partial charge in [0.15, 0.2) is 5.78 Å². The number of hydrogen-bond donors (Lipinski definition) is 1. The van der Waals surface area contributed by atoms with Crippen molar-refractivity contribution < 1.29 is 4.79 Å². The third-order valence-electron chi connectivity index (χ3n) is 2.29. The maximum absolute atomic E-state index is 12.1. The molecule has 0 saturated carbocycles. The highest BCUT2D eigenvalue weighted by atomic mass is 32.2. The predicted octanol–water partition coefficient (Wildman–Crippen LogP) is 2.48. The number of ketones is 1. The Kier molecular flexibility index (Phi) is 3.58. The van der Waals surface area contributed by atoms with Crippen LogP contribution in [0.5, 0.6) is 0 Å². The van der Waals surface area contributed by atoms with Crippen LogP contribution in [0.3, 0.4) is 0 Å². The number of Topliss-reactive ketones (excluding diaryl/α,β-unsaturated/α-hetero) is 1. The summed E-state index contributed by atoms with van der Waals surface area (Å²) in [6, 6.07) is 9.27. The molecule has 0 radical (unpaired) electrons. The number of aromatic nitrogens is 3. The summed E-state index contributed by atoms with van der Waals surface area (Å²) in [5.41, 5.74) is 0.722. The van der Waals surface area contributed by atoms with Crippen LogP contribution in [-0.2, 0) is 0 Å². The van der Waals surface area contributed by atoms with E-state index in [0.717, 1.165) is 11.4 Å². The third kappa shape index (κ3) is 2.94. The average Bonchev–Trinajstić information content (AvgIpc) is 2.75. The van der Waals surface area contributed by atoms with Crippen molar-refractivity contribution in [3.63, 3.8) is 0 Å². The molecule has 1 N–H and O–H groups in total. The van der Waals surface area contributed by atoms with Gasteiger partial charge < -0.3 is 0 Å². The number of nitrogens with one attached hydrogen (secondary N) is 1. The number of H-pyrrole nitrogens is 1. The first-order valence-corrected chi connectivity index (χ1v) is 6.19. The van der Waals surface area contributed by atoms with E-state index in [9.17, 15) is 4.79 Å². The van der Waals surface area contributed by atoms with Gasteiger partial charge in [-0.05, 0) is 13.8 Å². The number of hydrogen-bond acceptors (Lipinski definition) is 4. The van der Waals surface area contributed by atoms with E-state index in [-0.39, 0.29) is 11.0 Å². The van der Waals surface area contributed by atoms with Crippen molar-refractivity contribution in [2.45, 2.75) is 24.3 Å². The van der Waals surface area contributed by atoms with Crippen molar-refractivity contribution in [3.8, 4) is 0 Å². The monoisotopic (exact) mass is 247 g/mol. The van der Waals surface area contributed by atoms with Crippen LogP contribution in [0.1, 0.15) is 23.1 Å². The number of aryl methyl sites for hydroxylation is 1. The van der Waals surface area contributed by atoms with E-state index >= 15 is 0 Å². The Morgan fingerprint density at radius 3 is 2.65 bits per heavy atom. The quantitative estimate of drug-likeness (QED) is 0.666. The second kappa shape index (κ2) is 5.14. The van der Waals surface area contributed by atoms with Gasteiger partial charge in [-0.15, -0.1) is 5.10 Å². The second-order valence-corrected chi connectivity index (χ2v) is 5.00. The molecule has 0 aliphatic carbocycles. The molecule has 0 fully saturated rings. The summed E-state index contributed by atoms with van der Waals surface area (Å²) in [5.74, 6) is 0.852. The van der Waals surface area contributed by atoms with Gasteiger partial charge in [-0.25, -0.2) is 4.98 Å². The molecule has 0 bridgehead atoms. The van der Waals surface area contributed by atoms with Crippen molar-refractivity contribution in [1.29, 1.82) is 0 Å². The summed E-state index contributed by atoms with van der Waals surface area (Å²) in [6.45, 7) is 3.70. The number of rotatable bonds is 4. The van der Waals surface area contributed by atoms with E-state index in [1.54, 1.807) is 0 Å².